The summed E-state index contributed by atoms with van der Waals surface area (Å²) in [6.45, 7) is 5.15. The third-order valence-electron chi connectivity index (χ3n) is 1.33. The van der Waals surface area contributed by atoms with Crippen molar-refractivity contribution in [3.8, 4) is 0 Å². The number of aliphatic carboxylic acids is 4. The van der Waals surface area contributed by atoms with Crippen LogP contribution in [0, 0.1) is 0 Å². The Morgan fingerprint density at radius 1 is 0.680 bits per heavy atom. The molecule has 0 aliphatic rings. The number of hydrogen-bond acceptors (Lipinski definition) is 7. The molecule has 25 heavy (non-hydrogen) atoms. The molecule has 0 bridgehead atoms. The van der Waals surface area contributed by atoms with Crippen molar-refractivity contribution < 1.29 is 54.9 Å². The van der Waals surface area contributed by atoms with Gasteiger partial charge in [-0.15, -0.1) is 0 Å². The van der Waals surface area contributed by atoms with Gasteiger partial charge in [-0.3, -0.25) is 19.2 Å². The zero-order valence-electron chi connectivity index (χ0n) is 14.9. The molecule has 0 heterocycles. The van der Waals surface area contributed by atoms with Crippen molar-refractivity contribution in [1.29, 1.82) is 0 Å². The smallest absolute Gasteiger partial charge is 0.303 e. The topological polar surface area (TPSA) is 210 Å². The van der Waals surface area contributed by atoms with Gasteiger partial charge in [0.1, 0.15) is 6.10 Å². The molecule has 0 spiro atoms. The monoisotopic (exact) mass is 374 g/mol. The molecule has 11 heteroatoms. The molecule has 0 amide bonds. The fourth-order valence-corrected chi connectivity index (χ4v) is 0.0577. The molecule has 0 aromatic heterocycles. The van der Waals surface area contributed by atoms with Gasteiger partial charge in [0.05, 0.1) is 13.2 Å². The molecule has 0 aliphatic heterocycles. The van der Waals surface area contributed by atoms with Crippen molar-refractivity contribution in [2.75, 3.05) is 13.2 Å². The Bertz CT molecular complexity index is 287. The fraction of sp³-hybridized carbons (Fsp3) is 0.714. The van der Waals surface area contributed by atoms with Gasteiger partial charge in [-0.05, 0) is 0 Å². The average molecular weight is 374 g/mol. The van der Waals surface area contributed by atoms with Crippen molar-refractivity contribution in [3.05, 3.63) is 0 Å². The highest BCUT2D eigenvalue weighted by Gasteiger charge is 1.93. The van der Waals surface area contributed by atoms with Crippen LogP contribution in [0.2, 0.25) is 0 Å². The van der Waals surface area contributed by atoms with Crippen LogP contribution in [0.25, 0.3) is 0 Å². The average Bonchev–Trinajstić information content (AvgIpc) is 2.54. The highest BCUT2D eigenvalue weighted by Crippen LogP contribution is 1.71. The second kappa shape index (κ2) is 29.7. The Hall–Kier alpha value is -2.24. The molecule has 11 nitrogen and oxygen atoms in total. The first-order chi connectivity index (χ1) is 11.4. The quantitative estimate of drug-likeness (QED) is 0.336. The fourth-order valence-electron chi connectivity index (χ4n) is 0.0577. The number of hydrogen-bond donors (Lipinski definition) is 7. The second-order valence-electron chi connectivity index (χ2n) is 3.78. The number of carboxylic acids is 4. The Labute approximate surface area is 146 Å². The number of carboxylic acid groups (broad SMARTS) is 4. The molecule has 0 fully saturated rings. The molecular formula is C14H30O11. The Balaban J connectivity index is -0.0000000671. The Morgan fingerprint density at radius 3 is 0.800 bits per heavy atom. The van der Waals surface area contributed by atoms with Crippen LogP contribution in [0.3, 0.4) is 0 Å². The van der Waals surface area contributed by atoms with E-state index in [1.54, 1.807) is 20.8 Å². The summed E-state index contributed by atoms with van der Waals surface area (Å²) in [6, 6.07) is 0. The van der Waals surface area contributed by atoms with Crippen LogP contribution in [-0.2, 0) is 19.2 Å². The summed E-state index contributed by atoms with van der Waals surface area (Å²) in [6.07, 6.45) is -0.287. The second-order valence-corrected chi connectivity index (χ2v) is 3.78. The lowest BCUT2D eigenvalue weighted by Gasteiger charge is -1.96. The summed E-state index contributed by atoms with van der Waals surface area (Å²) >= 11 is 0. The Kier molecular flexibility index (Phi) is 40.6. The van der Waals surface area contributed by atoms with Gasteiger partial charge in [-0.25, -0.2) is 0 Å². The van der Waals surface area contributed by atoms with Crippen LogP contribution in [0.1, 0.15) is 47.0 Å². The van der Waals surface area contributed by atoms with E-state index in [1.807, 2.05) is 0 Å². The van der Waals surface area contributed by atoms with Crippen LogP contribution in [0.15, 0.2) is 0 Å². The third kappa shape index (κ3) is 141. The highest BCUT2D eigenvalue weighted by atomic mass is 16.4. The van der Waals surface area contributed by atoms with E-state index >= 15 is 0 Å². The molecular weight excluding hydrogens is 344 g/mol. The van der Waals surface area contributed by atoms with E-state index < -0.39 is 30.0 Å². The first kappa shape index (κ1) is 34.2. The minimum Gasteiger partial charge on any atom is -0.481 e. The first-order valence-corrected chi connectivity index (χ1v) is 7.10. The van der Waals surface area contributed by atoms with E-state index in [2.05, 4.69) is 0 Å². The predicted octanol–water partition coefficient (Wildman–Crippen LogP) is -0.134. The Morgan fingerprint density at radius 2 is 0.800 bits per heavy atom. The zero-order valence-corrected chi connectivity index (χ0v) is 14.9. The number of carbonyl (C=O) groups is 4. The molecule has 0 unspecified atom stereocenters. The summed E-state index contributed by atoms with van der Waals surface area (Å²) in [5.74, 6) is -3.07. The maximum absolute atomic E-state index is 9.37. The molecule has 0 rings (SSSR count). The lowest BCUT2D eigenvalue weighted by molar-refractivity contribution is -0.137. The van der Waals surface area contributed by atoms with E-state index in [0.29, 0.717) is 0 Å². The minimum absolute atomic E-state index is 0.222. The lowest BCUT2D eigenvalue weighted by atomic mass is 10.4. The maximum Gasteiger partial charge on any atom is 0.303 e. The number of aliphatic hydroxyl groups excluding tert-OH is 3. The van der Waals surface area contributed by atoms with Gasteiger partial charge < -0.3 is 35.7 Å². The number of rotatable bonds is 5. The zero-order chi connectivity index (χ0) is 21.4. The molecule has 152 valence electrons. The molecule has 0 aromatic rings. The van der Waals surface area contributed by atoms with Gasteiger partial charge >= 0.3 is 17.9 Å². The standard InChI is InChI=1S/C3H8O3.3C3H6O2.C2H4O2/c4-1-3(6)2-5;3*1-2-3(4)5;1-2(3)4/h3-6H,1-2H2;3*2H2,1H3,(H,4,5);1H3,(H,3,4). The summed E-state index contributed by atoms with van der Waals surface area (Å²) < 4.78 is 0. The number of aliphatic hydroxyl groups is 3. The van der Waals surface area contributed by atoms with Crippen molar-refractivity contribution >= 4 is 23.9 Å². The van der Waals surface area contributed by atoms with Crippen LogP contribution >= 0.6 is 0 Å². The molecule has 0 aliphatic carbocycles. The van der Waals surface area contributed by atoms with E-state index in [1.165, 1.54) is 0 Å². The first-order valence-electron chi connectivity index (χ1n) is 7.10. The summed E-state index contributed by atoms with van der Waals surface area (Å²) in [5, 5.41) is 54.6. The molecule has 7 N–H and O–H groups in total. The summed E-state index contributed by atoms with van der Waals surface area (Å²) in [7, 11) is 0. The highest BCUT2D eigenvalue weighted by molar-refractivity contribution is 5.66. The lowest BCUT2D eigenvalue weighted by Crippen LogP contribution is -2.15. The minimum atomic E-state index is -0.954. The van der Waals surface area contributed by atoms with Crippen LogP contribution in [-0.4, -0.2) is 78.9 Å². The van der Waals surface area contributed by atoms with Crippen LogP contribution in [0.4, 0.5) is 0 Å². The van der Waals surface area contributed by atoms with Crippen molar-refractivity contribution in [3.63, 3.8) is 0 Å². The predicted molar refractivity (Wildman–Crippen MR) is 87.3 cm³/mol. The molecule has 0 saturated carbocycles. The van der Waals surface area contributed by atoms with Crippen LogP contribution in [0.5, 0.6) is 0 Å². The van der Waals surface area contributed by atoms with E-state index in [4.69, 9.17) is 40.5 Å². The molecule has 0 aromatic carbocycles. The molecule has 0 saturated heterocycles. The van der Waals surface area contributed by atoms with Crippen molar-refractivity contribution in [2.45, 2.75) is 53.1 Å². The normalized spacial score (nSPS) is 7.84. The third-order valence-corrected chi connectivity index (χ3v) is 1.33. The maximum atomic E-state index is 9.37. The van der Waals surface area contributed by atoms with E-state index in [9.17, 15) is 14.4 Å². The SMILES string of the molecule is CC(=O)O.CCC(=O)O.CCC(=O)O.CCC(=O)O.OCC(O)CO. The van der Waals surface area contributed by atoms with E-state index in [-0.39, 0.29) is 32.5 Å². The van der Waals surface area contributed by atoms with Gasteiger partial charge in [0, 0.05) is 26.2 Å². The van der Waals surface area contributed by atoms with Crippen molar-refractivity contribution in [1.82, 2.24) is 0 Å². The van der Waals surface area contributed by atoms with Gasteiger partial charge in [0.2, 0.25) is 0 Å². The summed E-state index contributed by atoms with van der Waals surface area (Å²) in [5.41, 5.74) is 0. The molecule has 0 atom stereocenters. The molecule has 0 radical (unpaired) electrons. The van der Waals surface area contributed by atoms with Gasteiger partial charge in [0.15, 0.2) is 0 Å². The van der Waals surface area contributed by atoms with Gasteiger partial charge in [0.25, 0.3) is 5.97 Å². The van der Waals surface area contributed by atoms with E-state index in [0.717, 1.165) is 6.92 Å². The van der Waals surface area contributed by atoms with Gasteiger partial charge in [-0.1, -0.05) is 20.8 Å². The van der Waals surface area contributed by atoms with Gasteiger partial charge in [-0.2, -0.15) is 0 Å². The van der Waals surface area contributed by atoms with Crippen LogP contribution < -0.4 is 0 Å². The largest absolute Gasteiger partial charge is 0.481 e. The summed E-state index contributed by atoms with van der Waals surface area (Å²) in [4.78, 5) is 37.1. The van der Waals surface area contributed by atoms with Crippen molar-refractivity contribution in [2.24, 2.45) is 0 Å².